The van der Waals surface area contributed by atoms with Gasteiger partial charge in [-0.25, -0.2) is 0 Å². The highest BCUT2D eigenvalue weighted by Crippen LogP contribution is 2.19. The van der Waals surface area contributed by atoms with Gasteiger partial charge in [0.2, 0.25) is 0 Å². The zero-order chi connectivity index (χ0) is 13.4. The molecule has 1 N–H and O–H groups in total. The Bertz CT molecular complexity index is 347. The van der Waals surface area contributed by atoms with Gasteiger partial charge in [0.05, 0.1) is 6.61 Å². The van der Waals surface area contributed by atoms with E-state index in [4.69, 9.17) is 4.74 Å². The van der Waals surface area contributed by atoms with E-state index >= 15 is 0 Å². The van der Waals surface area contributed by atoms with E-state index in [-0.39, 0.29) is 0 Å². The van der Waals surface area contributed by atoms with Gasteiger partial charge in [0.25, 0.3) is 0 Å². The Morgan fingerprint density at radius 3 is 2.67 bits per heavy atom. The van der Waals surface area contributed by atoms with Gasteiger partial charge in [0.1, 0.15) is 6.10 Å². The summed E-state index contributed by atoms with van der Waals surface area (Å²) in [6.45, 7) is 7.42. The molecular weight excluding hydrogens is 224 g/mol. The van der Waals surface area contributed by atoms with Gasteiger partial charge in [-0.2, -0.15) is 0 Å². The largest absolute Gasteiger partial charge is 0.386 e. The minimum Gasteiger partial charge on any atom is -0.386 e. The van der Waals surface area contributed by atoms with Crippen LogP contribution in [-0.4, -0.2) is 18.3 Å². The summed E-state index contributed by atoms with van der Waals surface area (Å²) < 4.78 is 5.54. The molecule has 0 saturated carbocycles. The highest BCUT2D eigenvalue weighted by molar-refractivity contribution is 5.32. The first kappa shape index (κ1) is 15.2. The molecule has 0 radical (unpaired) electrons. The van der Waals surface area contributed by atoms with E-state index in [1.54, 1.807) is 0 Å². The first-order valence-corrected chi connectivity index (χ1v) is 6.98. The molecule has 0 bridgehead atoms. The molecule has 1 aromatic carbocycles. The van der Waals surface area contributed by atoms with Crippen LogP contribution in [0.5, 0.6) is 0 Å². The molecule has 0 spiro atoms. The van der Waals surface area contributed by atoms with Crippen molar-refractivity contribution in [2.24, 2.45) is 0 Å². The molecule has 18 heavy (non-hydrogen) atoms. The van der Waals surface area contributed by atoms with E-state index in [0.29, 0.717) is 6.61 Å². The maximum absolute atomic E-state index is 10.1. The van der Waals surface area contributed by atoms with Gasteiger partial charge in [-0.3, -0.25) is 0 Å². The van der Waals surface area contributed by atoms with E-state index in [2.05, 4.69) is 19.1 Å². The second-order valence-electron chi connectivity index (χ2n) is 5.01. The number of unbranched alkanes of at least 4 members (excludes halogenated alkanes) is 3. The fourth-order valence-electron chi connectivity index (χ4n) is 2.03. The molecule has 0 amide bonds. The van der Waals surface area contributed by atoms with Crippen molar-refractivity contribution in [1.82, 2.24) is 0 Å². The van der Waals surface area contributed by atoms with Crippen molar-refractivity contribution in [1.29, 1.82) is 0 Å². The minimum atomic E-state index is -0.504. The second kappa shape index (κ2) is 8.28. The highest BCUT2D eigenvalue weighted by Gasteiger charge is 2.10. The minimum absolute atomic E-state index is 0.399. The summed E-state index contributed by atoms with van der Waals surface area (Å²) in [5.74, 6) is 0. The number of benzene rings is 1. The lowest BCUT2D eigenvalue weighted by Gasteiger charge is -2.15. The van der Waals surface area contributed by atoms with Crippen molar-refractivity contribution < 1.29 is 9.84 Å². The summed E-state index contributed by atoms with van der Waals surface area (Å²) in [6.07, 6.45) is 4.31. The first-order valence-electron chi connectivity index (χ1n) is 6.98. The molecule has 0 aromatic heterocycles. The fourth-order valence-corrected chi connectivity index (χ4v) is 2.03. The van der Waals surface area contributed by atoms with E-state index in [1.807, 2.05) is 19.9 Å². The number of ether oxygens (including phenoxy) is 1. The molecule has 1 unspecified atom stereocenters. The molecule has 1 rings (SSSR count). The van der Waals surface area contributed by atoms with Crippen LogP contribution in [0, 0.1) is 13.8 Å². The van der Waals surface area contributed by atoms with Crippen LogP contribution >= 0.6 is 0 Å². The van der Waals surface area contributed by atoms with Gasteiger partial charge in [0.15, 0.2) is 0 Å². The van der Waals surface area contributed by atoms with E-state index in [0.717, 1.165) is 24.2 Å². The maximum Gasteiger partial charge on any atom is 0.103 e. The molecule has 2 heteroatoms. The summed E-state index contributed by atoms with van der Waals surface area (Å²) in [6, 6.07) is 6.16. The summed E-state index contributed by atoms with van der Waals surface area (Å²) >= 11 is 0. The normalized spacial score (nSPS) is 12.7. The van der Waals surface area contributed by atoms with Gasteiger partial charge >= 0.3 is 0 Å². The van der Waals surface area contributed by atoms with Gasteiger partial charge in [-0.1, -0.05) is 49.9 Å². The molecular formula is C16H26O2. The first-order chi connectivity index (χ1) is 8.65. The Morgan fingerprint density at radius 2 is 1.94 bits per heavy atom. The third kappa shape index (κ3) is 5.19. The van der Waals surface area contributed by atoms with Crippen LogP contribution in [0.4, 0.5) is 0 Å². The number of aliphatic hydroxyl groups is 1. The lowest BCUT2D eigenvalue weighted by molar-refractivity contribution is 0.0341. The predicted molar refractivity (Wildman–Crippen MR) is 75.8 cm³/mol. The van der Waals surface area contributed by atoms with Crippen LogP contribution in [0.2, 0.25) is 0 Å². The second-order valence-corrected chi connectivity index (χ2v) is 5.01. The van der Waals surface area contributed by atoms with Crippen molar-refractivity contribution >= 4 is 0 Å². The van der Waals surface area contributed by atoms with Crippen LogP contribution in [0.25, 0.3) is 0 Å². The fraction of sp³-hybridized carbons (Fsp3) is 0.625. The molecule has 0 fully saturated rings. The Labute approximate surface area is 111 Å². The monoisotopic (exact) mass is 250 g/mol. The summed E-state index contributed by atoms with van der Waals surface area (Å²) in [4.78, 5) is 0. The van der Waals surface area contributed by atoms with Crippen molar-refractivity contribution in [3.8, 4) is 0 Å². The van der Waals surface area contributed by atoms with Crippen LogP contribution in [0.15, 0.2) is 18.2 Å². The van der Waals surface area contributed by atoms with Gasteiger partial charge in [-0.05, 0) is 31.4 Å². The molecule has 1 atom stereocenters. The molecule has 0 aliphatic heterocycles. The van der Waals surface area contributed by atoms with E-state index < -0.39 is 6.10 Å². The molecule has 0 aliphatic rings. The lowest BCUT2D eigenvalue weighted by Crippen LogP contribution is -2.09. The van der Waals surface area contributed by atoms with Crippen molar-refractivity contribution in [2.75, 3.05) is 13.2 Å². The number of aryl methyl sites for hydroxylation is 2. The number of hydrogen-bond donors (Lipinski definition) is 1. The van der Waals surface area contributed by atoms with E-state index in [9.17, 15) is 5.11 Å². The van der Waals surface area contributed by atoms with Crippen LogP contribution in [0.3, 0.4) is 0 Å². The van der Waals surface area contributed by atoms with Crippen molar-refractivity contribution in [3.05, 3.63) is 34.9 Å². The smallest absolute Gasteiger partial charge is 0.103 e. The molecule has 0 aliphatic carbocycles. The van der Waals surface area contributed by atoms with Gasteiger partial charge in [-0.15, -0.1) is 0 Å². The lowest BCUT2D eigenvalue weighted by atomic mass is 10.0. The third-order valence-corrected chi connectivity index (χ3v) is 3.21. The average Bonchev–Trinajstić information content (AvgIpc) is 2.36. The summed E-state index contributed by atoms with van der Waals surface area (Å²) in [5, 5.41) is 10.1. The van der Waals surface area contributed by atoms with Crippen LogP contribution < -0.4 is 0 Å². The zero-order valence-electron chi connectivity index (χ0n) is 11.9. The zero-order valence-corrected chi connectivity index (χ0v) is 11.9. The van der Waals surface area contributed by atoms with E-state index in [1.165, 1.54) is 24.8 Å². The van der Waals surface area contributed by atoms with Crippen LogP contribution in [-0.2, 0) is 4.74 Å². The standard InChI is InChI=1S/C16H26O2/c1-4-5-6-7-10-18-12-16(17)15-11-13(2)8-9-14(15)3/h8-9,11,16-17H,4-7,10,12H2,1-3H3. The Balaban J connectivity index is 2.31. The average molecular weight is 250 g/mol. The van der Waals surface area contributed by atoms with Crippen molar-refractivity contribution in [2.45, 2.75) is 52.6 Å². The quantitative estimate of drug-likeness (QED) is 0.708. The van der Waals surface area contributed by atoms with Crippen LogP contribution in [0.1, 0.15) is 55.4 Å². The Hall–Kier alpha value is -0.860. The molecule has 1 aromatic rings. The third-order valence-electron chi connectivity index (χ3n) is 3.21. The number of rotatable bonds is 8. The Kier molecular flexibility index (Phi) is 6.99. The summed E-state index contributed by atoms with van der Waals surface area (Å²) in [7, 11) is 0. The maximum atomic E-state index is 10.1. The number of hydrogen-bond acceptors (Lipinski definition) is 2. The SMILES string of the molecule is CCCCCCOCC(O)c1cc(C)ccc1C. The molecule has 0 saturated heterocycles. The summed E-state index contributed by atoms with van der Waals surface area (Å²) in [5.41, 5.74) is 3.30. The Morgan fingerprint density at radius 1 is 1.17 bits per heavy atom. The van der Waals surface area contributed by atoms with Gasteiger partial charge < -0.3 is 9.84 Å². The topological polar surface area (TPSA) is 29.5 Å². The molecule has 2 nitrogen and oxygen atoms in total. The number of aliphatic hydroxyl groups excluding tert-OH is 1. The molecule has 102 valence electrons. The molecule has 0 heterocycles. The highest BCUT2D eigenvalue weighted by atomic mass is 16.5. The van der Waals surface area contributed by atoms with Crippen molar-refractivity contribution in [3.63, 3.8) is 0 Å². The predicted octanol–water partition coefficient (Wildman–Crippen LogP) is 3.93. The van der Waals surface area contributed by atoms with Gasteiger partial charge in [0, 0.05) is 6.61 Å².